The molecule has 0 unspecified atom stereocenters. The van der Waals surface area contributed by atoms with Gasteiger partial charge >= 0.3 is 0 Å². The van der Waals surface area contributed by atoms with E-state index in [9.17, 15) is 14.3 Å². The number of aromatic hydroxyl groups is 1. The normalized spacial score (nSPS) is 12.6. The van der Waals surface area contributed by atoms with Gasteiger partial charge in [0.05, 0.1) is 11.7 Å². The SMILES string of the molecule is CC(C)N(C[C@H](C)O)C(=O)c1ccc(O)cc1F. The van der Waals surface area contributed by atoms with E-state index in [1.807, 2.05) is 0 Å². The van der Waals surface area contributed by atoms with E-state index in [1.165, 1.54) is 17.0 Å². The predicted octanol–water partition coefficient (Wildman–Crippen LogP) is 1.76. The maximum atomic E-state index is 13.6. The first-order chi connectivity index (χ1) is 8.32. The van der Waals surface area contributed by atoms with Gasteiger partial charge in [-0.3, -0.25) is 4.79 Å². The summed E-state index contributed by atoms with van der Waals surface area (Å²) in [4.78, 5) is 13.5. The lowest BCUT2D eigenvalue weighted by Gasteiger charge is -2.28. The minimum absolute atomic E-state index is 0.109. The molecule has 1 aromatic carbocycles. The molecule has 0 aliphatic carbocycles. The number of benzene rings is 1. The fraction of sp³-hybridized carbons (Fsp3) is 0.462. The van der Waals surface area contributed by atoms with Gasteiger partial charge in [-0.05, 0) is 32.9 Å². The maximum absolute atomic E-state index is 13.6. The molecule has 1 atom stereocenters. The average Bonchev–Trinajstić information content (AvgIpc) is 2.24. The monoisotopic (exact) mass is 255 g/mol. The zero-order valence-corrected chi connectivity index (χ0v) is 10.7. The van der Waals surface area contributed by atoms with Crippen molar-refractivity contribution >= 4 is 5.91 Å². The summed E-state index contributed by atoms with van der Waals surface area (Å²) in [6, 6.07) is 3.25. The Morgan fingerprint density at radius 3 is 2.44 bits per heavy atom. The summed E-state index contributed by atoms with van der Waals surface area (Å²) < 4.78 is 13.6. The molecule has 0 bridgehead atoms. The number of nitrogens with zero attached hydrogens (tertiary/aromatic N) is 1. The summed E-state index contributed by atoms with van der Waals surface area (Å²) in [5.41, 5.74) is -0.109. The van der Waals surface area contributed by atoms with Crippen LogP contribution in [0.1, 0.15) is 31.1 Å². The molecule has 18 heavy (non-hydrogen) atoms. The van der Waals surface area contributed by atoms with E-state index >= 15 is 0 Å². The zero-order chi connectivity index (χ0) is 13.9. The number of aliphatic hydroxyl groups excluding tert-OH is 1. The first-order valence-corrected chi connectivity index (χ1v) is 5.80. The van der Waals surface area contributed by atoms with Crippen LogP contribution in [0.4, 0.5) is 4.39 Å². The van der Waals surface area contributed by atoms with Crippen molar-refractivity contribution in [2.75, 3.05) is 6.54 Å². The van der Waals surface area contributed by atoms with Gasteiger partial charge in [0.15, 0.2) is 0 Å². The highest BCUT2D eigenvalue weighted by atomic mass is 19.1. The number of halogens is 1. The third kappa shape index (κ3) is 3.43. The molecule has 100 valence electrons. The van der Waals surface area contributed by atoms with E-state index in [4.69, 9.17) is 5.11 Å². The highest BCUT2D eigenvalue weighted by Gasteiger charge is 2.22. The molecule has 0 radical (unpaired) electrons. The van der Waals surface area contributed by atoms with Gasteiger partial charge in [-0.1, -0.05) is 0 Å². The van der Waals surface area contributed by atoms with Gasteiger partial charge in [-0.25, -0.2) is 4.39 Å². The number of hydrogen-bond acceptors (Lipinski definition) is 3. The number of rotatable bonds is 4. The van der Waals surface area contributed by atoms with Crippen LogP contribution in [0.5, 0.6) is 5.75 Å². The Kier molecular flexibility index (Phi) is 4.67. The second kappa shape index (κ2) is 5.82. The maximum Gasteiger partial charge on any atom is 0.257 e. The van der Waals surface area contributed by atoms with Crippen molar-refractivity contribution in [3.8, 4) is 5.75 Å². The predicted molar refractivity (Wildman–Crippen MR) is 65.9 cm³/mol. The van der Waals surface area contributed by atoms with Gasteiger partial charge in [0.25, 0.3) is 5.91 Å². The largest absolute Gasteiger partial charge is 0.508 e. The number of carbonyl (C=O) groups is 1. The van der Waals surface area contributed by atoms with Crippen LogP contribution in [-0.4, -0.2) is 39.7 Å². The molecule has 4 nitrogen and oxygen atoms in total. The van der Waals surface area contributed by atoms with E-state index in [1.54, 1.807) is 20.8 Å². The summed E-state index contributed by atoms with van der Waals surface area (Å²) in [5, 5.41) is 18.5. The van der Waals surface area contributed by atoms with Crippen LogP contribution in [0.15, 0.2) is 18.2 Å². The van der Waals surface area contributed by atoms with Gasteiger partial charge < -0.3 is 15.1 Å². The minimum Gasteiger partial charge on any atom is -0.508 e. The molecule has 1 aromatic rings. The third-order valence-corrected chi connectivity index (χ3v) is 2.53. The van der Waals surface area contributed by atoms with Crippen LogP contribution in [0.2, 0.25) is 0 Å². The second-order valence-corrected chi connectivity index (χ2v) is 4.56. The van der Waals surface area contributed by atoms with Crippen molar-refractivity contribution in [2.24, 2.45) is 0 Å². The molecule has 0 aliphatic heterocycles. The Balaban J connectivity index is 3.02. The van der Waals surface area contributed by atoms with Gasteiger partial charge in [0.1, 0.15) is 11.6 Å². The summed E-state index contributed by atoms with van der Waals surface area (Å²) in [5.74, 6) is -1.49. The molecule has 0 aromatic heterocycles. The Bertz CT molecular complexity index is 432. The topological polar surface area (TPSA) is 60.8 Å². The molecule has 1 rings (SSSR count). The van der Waals surface area contributed by atoms with Gasteiger partial charge in [0, 0.05) is 18.7 Å². The van der Waals surface area contributed by atoms with Crippen LogP contribution in [0, 0.1) is 5.82 Å². The molecule has 0 saturated carbocycles. The molecule has 0 spiro atoms. The standard InChI is InChI=1S/C13H18FNO3/c1-8(2)15(7-9(3)16)13(18)11-5-4-10(17)6-12(11)14/h4-6,8-9,16-17H,7H2,1-3H3/t9-/m0/s1. The third-order valence-electron chi connectivity index (χ3n) is 2.53. The number of phenolic OH excluding ortho intramolecular Hbond substituents is 1. The van der Waals surface area contributed by atoms with Crippen LogP contribution in [0.25, 0.3) is 0 Å². The van der Waals surface area contributed by atoms with E-state index < -0.39 is 17.8 Å². The van der Waals surface area contributed by atoms with E-state index in [0.717, 1.165) is 6.07 Å². The molecule has 2 N–H and O–H groups in total. The van der Waals surface area contributed by atoms with Gasteiger partial charge in [0.2, 0.25) is 0 Å². The van der Waals surface area contributed by atoms with E-state index in [-0.39, 0.29) is 23.9 Å². The number of phenols is 1. The molecule has 0 saturated heterocycles. The molecule has 0 aliphatic rings. The van der Waals surface area contributed by atoms with Gasteiger partial charge in [-0.15, -0.1) is 0 Å². The summed E-state index contributed by atoms with van der Waals surface area (Å²) in [6.07, 6.45) is -0.684. The number of amides is 1. The molecule has 0 fully saturated rings. The zero-order valence-electron chi connectivity index (χ0n) is 10.7. The number of hydrogen-bond donors (Lipinski definition) is 2. The molecule has 0 heterocycles. The van der Waals surface area contributed by atoms with Crippen LogP contribution in [0.3, 0.4) is 0 Å². The lowest BCUT2D eigenvalue weighted by Crippen LogP contribution is -2.41. The van der Waals surface area contributed by atoms with Crippen molar-refractivity contribution in [1.29, 1.82) is 0 Å². The van der Waals surface area contributed by atoms with Gasteiger partial charge in [-0.2, -0.15) is 0 Å². The average molecular weight is 255 g/mol. The lowest BCUT2D eigenvalue weighted by atomic mass is 10.1. The first-order valence-electron chi connectivity index (χ1n) is 5.80. The molecular formula is C13H18FNO3. The molecule has 1 amide bonds. The van der Waals surface area contributed by atoms with Crippen LogP contribution >= 0.6 is 0 Å². The minimum atomic E-state index is -0.767. The van der Waals surface area contributed by atoms with Crippen molar-refractivity contribution in [1.82, 2.24) is 4.90 Å². The van der Waals surface area contributed by atoms with Crippen molar-refractivity contribution < 1.29 is 19.4 Å². The summed E-state index contributed by atoms with van der Waals surface area (Å²) >= 11 is 0. The summed E-state index contributed by atoms with van der Waals surface area (Å²) in [6.45, 7) is 5.28. The van der Waals surface area contributed by atoms with Crippen molar-refractivity contribution in [3.63, 3.8) is 0 Å². The van der Waals surface area contributed by atoms with Crippen molar-refractivity contribution in [2.45, 2.75) is 32.9 Å². The first kappa shape index (κ1) is 14.4. The Morgan fingerprint density at radius 1 is 1.39 bits per heavy atom. The van der Waals surface area contributed by atoms with Crippen LogP contribution < -0.4 is 0 Å². The fourth-order valence-corrected chi connectivity index (χ4v) is 1.65. The van der Waals surface area contributed by atoms with Crippen LogP contribution in [-0.2, 0) is 0 Å². The second-order valence-electron chi connectivity index (χ2n) is 4.56. The smallest absolute Gasteiger partial charge is 0.257 e. The fourth-order valence-electron chi connectivity index (χ4n) is 1.65. The highest BCUT2D eigenvalue weighted by Crippen LogP contribution is 2.18. The van der Waals surface area contributed by atoms with Crippen molar-refractivity contribution in [3.05, 3.63) is 29.6 Å². The Morgan fingerprint density at radius 2 is 2.00 bits per heavy atom. The highest BCUT2D eigenvalue weighted by molar-refractivity contribution is 5.94. The Hall–Kier alpha value is -1.62. The van der Waals surface area contributed by atoms with E-state index in [0.29, 0.717) is 0 Å². The van der Waals surface area contributed by atoms with E-state index in [2.05, 4.69) is 0 Å². The molecule has 5 heteroatoms. The Labute approximate surface area is 106 Å². The quantitative estimate of drug-likeness (QED) is 0.862. The number of aliphatic hydroxyl groups is 1. The lowest BCUT2D eigenvalue weighted by molar-refractivity contribution is 0.0574. The number of carbonyl (C=O) groups excluding carboxylic acids is 1. The molecular weight excluding hydrogens is 237 g/mol. The summed E-state index contributed by atoms with van der Waals surface area (Å²) in [7, 11) is 0.